The number of hydrogen-bond donors (Lipinski definition) is 2. The lowest BCUT2D eigenvalue weighted by molar-refractivity contribution is 0.0946. The standard InChI is InChI=1S/C21H22FN5O/c1-27(2)13-12-23-21(28)18-14-19(24-17-11-7-6-10-16(17)22)26-20(25-18)15-8-4-3-5-9-15/h3-11,14H,12-13H2,1-2H3,(H,23,28)(H,24,25,26). The van der Waals surface area contributed by atoms with Crippen LogP contribution < -0.4 is 10.6 Å². The second-order valence-corrected chi connectivity index (χ2v) is 6.49. The summed E-state index contributed by atoms with van der Waals surface area (Å²) in [5, 5.41) is 5.78. The molecule has 0 saturated heterocycles. The van der Waals surface area contributed by atoms with Gasteiger partial charge in [-0.25, -0.2) is 14.4 Å². The number of likely N-dealkylation sites (N-methyl/N-ethyl adjacent to an activating group) is 1. The molecule has 6 nitrogen and oxygen atoms in total. The number of anilines is 2. The van der Waals surface area contributed by atoms with Gasteiger partial charge in [0.2, 0.25) is 0 Å². The number of nitrogens with zero attached hydrogens (tertiary/aromatic N) is 3. The van der Waals surface area contributed by atoms with Crippen LogP contribution in [0.2, 0.25) is 0 Å². The Kier molecular flexibility index (Phi) is 6.29. The van der Waals surface area contributed by atoms with E-state index in [1.807, 2.05) is 49.3 Å². The lowest BCUT2D eigenvalue weighted by Gasteiger charge is -2.12. The maximum atomic E-state index is 14.0. The van der Waals surface area contributed by atoms with Gasteiger partial charge in [0.25, 0.3) is 5.91 Å². The lowest BCUT2D eigenvalue weighted by atomic mass is 10.2. The summed E-state index contributed by atoms with van der Waals surface area (Å²) < 4.78 is 14.0. The maximum absolute atomic E-state index is 14.0. The van der Waals surface area contributed by atoms with Crippen molar-refractivity contribution in [3.8, 4) is 11.4 Å². The molecule has 1 amide bonds. The van der Waals surface area contributed by atoms with Gasteiger partial charge in [-0.2, -0.15) is 0 Å². The summed E-state index contributed by atoms with van der Waals surface area (Å²) in [6.45, 7) is 1.20. The van der Waals surface area contributed by atoms with Crippen LogP contribution in [0.4, 0.5) is 15.9 Å². The molecule has 1 heterocycles. The second kappa shape index (κ2) is 9.05. The third-order valence-corrected chi connectivity index (χ3v) is 3.97. The monoisotopic (exact) mass is 379 g/mol. The summed E-state index contributed by atoms with van der Waals surface area (Å²) in [7, 11) is 3.86. The molecule has 3 rings (SSSR count). The van der Waals surface area contributed by atoms with Crippen molar-refractivity contribution < 1.29 is 9.18 Å². The molecule has 0 aliphatic heterocycles. The average molecular weight is 379 g/mol. The molecule has 0 aliphatic carbocycles. The van der Waals surface area contributed by atoms with Gasteiger partial charge in [0, 0.05) is 24.7 Å². The van der Waals surface area contributed by atoms with Crippen LogP contribution in [-0.4, -0.2) is 48.0 Å². The van der Waals surface area contributed by atoms with Crippen LogP contribution in [0.5, 0.6) is 0 Å². The zero-order valence-corrected chi connectivity index (χ0v) is 15.8. The smallest absolute Gasteiger partial charge is 0.270 e. The fraction of sp³-hybridized carbons (Fsp3) is 0.190. The van der Waals surface area contributed by atoms with E-state index in [0.717, 1.165) is 5.56 Å². The van der Waals surface area contributed by atoms with E-state index in [4.69, 9.17) is 0 Å². The summed E-state index contributed by atoms with van der Waals surface area (Å²) >= 11 is 0. The fourth-order valence-corrected chi connectivity index (χ4v) is 2.53. The Morgan fingerprint density at radius 1 is 1.04 bits per heavy atom. The Balaban J connectivity index is 1.92. The number of nitrogens with one attached hydrogen (secondary N) is 2. The SMILES string of the molecule is CN(C)CCNC(=O)c1cc(Nc2ccccc2F)nc(-c2ccccc2)n1. The molecule has 0 atom stereocenters. The van der Waals surface area contributed by atoms with Crippen LogP contribution in [0, 0.1) is 5.82 Å². The summed E-state index contributed by atoms with van der Waals surface area (Å²) in [6, 6.07) is 17.2. The number of hydrogen-bond acceptors (Lipinski definition) is 5. The summed E-state index contributed by atoms with van der Waals surface area (Å²) in [5.41, 5.74) is 1.26. The first-order chi connectivity index (χ1) is 13.5. The minimum Gasteiger partial charge on any atom is -0.349 e. The predicted octanol–water partition coefficient (Wildman–Crippen LogP) is 3.32. The van der Waals surface area contributed by atoms with E-state index >= 15 is 0 Å². The first-order valence-corrected chi connectivity index (χ1v) is 8.92. The quantitative estimate of drug-likeness (QED) is 0.659. The summed E-state index contributed by atoms with van der Waals surface area (Å²) in [6.07, 6.45) is 0. The highest BCUT2D eigenvalue weighted by Crippen LogP contribution is 2.22. The van der Waals surface area contributed by atoms with Crippen molar-refractivity contribution in [2.75, 3.05) is 32.5 Å². The van der Waals surface area contributed by atoms with E-state index in [0.29, 0.717) is 24.7 Å². The lowest BCUT2D eigenvalue weighted by Crippen LogP contribution is -2.32. The number of carbonyl (C=O) groups excluding carboxylic acids is 1. The molecule has 1 aromatic heterocycles. The van der Waals surface area contributed by atoms with E-state index in [1.54, 1.807) is 18.2 Å². The van der Waals surface area contributed by atoms with E-state index < -0.39 is 5.82 Å². The van der Waals surface area contributed by atoms with Crippen LogP contribution in [0.25, 0.3) is 11.4 Å². The van der Waals surface area contributed by atoms with Gasteiger partial charge < -0.3 is 15.5 Å². The zero-order valence-electron chi connectivity index (χ0n) is 15.8. The van der Waals surface area contributed by atoms with Gasteiger partial charge in [-0.05, 0) is 26.2 Å². The van der Waals surface area contributed by atoms with Crippen LogP contribution in [0.15, 0.2) is 60.7 Å². The van der Waals surface area contributed by atoms with Crippen molar-refractivity contribution in [2.45, 2.75) is 0 Å². The molecular weight excluding hydrogens is 357 g/mol. The topological polar surface area (TPSA) is 70.2 Å². The number of aromatic nitrogens is 2. The molecule has 7 heteroatoms. The molecule has 0 fully saturated rings. The molecule has 144 valence electrons. The van der Waals surface area contributed by atoms with E-state index in [9.17, 15) is 9.18 Å². The predicted molar refractivity (Wildman–Crippen MR) is 108 cm³/mol. The normalized spacial score (nSPS) is 10.7. The maximum Gasteiger partial charge on any atom is 0.270 e. The van der Waals surface area contributed by atoms with Gasteiger partial charge in [0.1, 0.15) is 17.3 Å². The van der Waals surface area contributed by atoms with Crippen molar-refractivity contribution in [3.63, 3.8) is 0 Å². The van der Waals surface area contributed by atoms with Gasteiger partial charge in [-0.15, -0.1) is 0 Å². The molecule has 0 radical (unpaired) electrons. The largest absolute Gasteiger partial charge is 0.349 e. The van der Waals surface area contributed by atoms with E-state index in [-0.39, 0.29) is 17.3 Å². The molecule has 2 aromatic carbocycles. The number of carbonyl (C=O) groups is 1. The van der Waals surface area contributed by atoms with Crippen molar-refractivity contribution in [1.82, 2.24) is 20.2 Å². The summed E-state index contributed by atoms with van der Waals surface area (Å²) in [4.78, 5) is 23.4. The Bertz CT molecular complexity index is 947. The Labute approximate surface area is 163 Å². The Morgan fingerprint density at radius 3 is 2.46 bits per heavy atom. The van der Waals surface area contributed by atoms with E-state index in [2.05, 4.69) is 20.6 Å². The van der Waals surface area contributed by atoms with Gasteiger partial charge in [0.05, 0.1) is 5.69 Å². The van der Waals surface area contributed by atoms with Crippen molar-refractivity contribution >= 4 is 17.4 Å². The molecule has 0 saturated carbocycles. The molecule has 0 bridgehead atoms. The highest BCUT2D eigenvalue weighted by molar-refractivity contribution is 5.93. The van der Waals surface area contributed by atoms with Gasteiger partial charge in [0.15, 0.2) is 5.82 Å². The third kappa shape index (κ3) is 5.11. The van der Waals surface area contributed by atoms with Gasteiger partial charge in [-0.3, -0.25) is 4.79 Å². The molecular formula is C21H22FN5O. The fourth-order valence-electron chi connectivity index (χ4n) is 2.53. The first kappa shape index (κ1) is 19.4. The van der Waals surface area contributed by atoms with Gasteiger partial charge >= 0.3 is 0 Å². The van der Waals surface area contributed by atoms with Crippen molar-refractivity contribution in [2.24, 2.45) is 0 Å². The first-order valence-electron chi connectivity index (χ1n) is 8.92. The Hall–Kier alpha value is -3.32. The highest BCUT2D eigenvalue weighted by Gasteiger charge is 2.14. The number of benzene rings is 2. The summed E-state index contributed by atoms with van der Waals surface area (Å²) in [5.74, 6) is 0.0220. The zero-order chi connectivity index (χ0) is 19.9. The van der Waals surface area contributed by atoms with Crippen LogP contribution in [0.1, 0.15) is 10.5 Å². The third-order valence-electron chi connectivity index (χ3n) is 3.97. The minimum absolute atomic E-state index is 0.214. The molecule has 2 N–H and O–H groups in total. The number of rotatable bonds is 7. The second-order valence-electron chi connectivity index (χ2n) is 6.49. The molecule has 3 aromatic rings. The van der Waals surface area contributed by atoms with Crippen LogP contribution in [-0.2, 0) is 0 Å². The van der Waals surface area contributed by atoms with Crippen molar-refractivity contribution in [1.29, 1.82) is 0 Å². The van der Waals surface area contributed by atoms with Gasteiger partial charge in [-0.1, -0.05) is 42.5 Å². The Morgan fingerprint density at radius 2 is 1.75 bits per heavy atom. The average Bonchev–Trinajstić information content (AvgIpc) is 2.70. The number of amides is 1. The number of halogens is 1. The molecule has 0 aliphatic rings. The number of para-hydroxylation sites is 1. The van der Waals surface area contributed by atoms with Crippen LogP contribution in [0.3, 0.4) is 0 Å². The molecule has 28 heavy (non-hydrogen) atoms. The molecule has 0 unspecified atom stereocenters. The molecule has 0 spiro atoms. The highest BCUT2D eigenvalue weighted by atomic mass is 19.1. The van der Waals surface area contributed by atoms with Crippen molar-refractivity contribution in [3.05, 3.63) is 72.2 Å². The minimum atomic E-state index is -0.403. The van der Waals surface area contributed by atoms with E-state index in [1.165, 1.54) is 12.1 Å². The van der Waals surface area contributed by atoms with Crippen LogP contribution >= 0.6 is 0 Å².